The zero-order chi connectivity index (χ0) is 20.0. The van der Waals surface area contributed by atoms with Crippen LogP contribution in [0.2, 0.25) is 0 Å². The summed E-state index contributed by atoms with van der Waals surface area (Å²) in [5.41, 5.74) is 0.861. The number of para-hydroxylation sites is 1. The molecule has 2 aromatic carbocycles. The molecule has 0 bridgehead atoms. The molecule has 27 heavy (non-hydrogen) atoms. The smallest absolute Gasteiger partial charge is 0.305 e. The molecule has 2 N–H and O–H groups in total. The molecule has 0 aliphatic heterocycles. The molecule has 1 amide bonds. The third kappa shape index (κ3) is 5.27. The fraction of sp³-hybridized carbons (Fsp3) is 0.263. The average Bonchev–Trinajstić information content (AvgIpc) is 2.62. The summed E-state index contributed by atoms with van der Waals surface area (Å²) in [6.07, 6.45) is -0.195. The van der Waals surface area contributed by atoms with E-state index in [1.165, 1.54) is 23.1 Å². The first kappa shape index (κ1) is 19.9. The van der Waals surface area contributed by atoms with Crippen LogP contribution in [0.15, 0.2) is 48.5 Å². The number of aliphatic carboxylic acids is 1. The fourth-order valence-electron chi connectivity index (χ4n) is 2.57. The van der Waals surface area contributed by atoms with Crippen molar-refractivity contribution in [2.75, 3.05) is 11.9 Å². The van der Waals surface area contributed by atoms with Gasteiger partial charge in [0.1, 0.15) is 5.69 Å². The van der Waals surface area contributed by atoms with E-state index in [1.807, 2.05) is 6.07 Å². The second-order valence-electron chi connectivity index (χ2n) is 6.22. The maximum atomic E-state index is 12.7. The van der Waals surface area contributed by atoms with Gasteiger partial charge < -0.3 is 15.3 Å². The summed E-state index contributed by atoms with van der Waals surface area (Å²) in [7, 11) is 0. The molecule has 0 saturated carbocycles. The Morgan fingerprint density at radius 3 is 2.41 bits per heavy atom. The highest BCUT2D eigenvalue weighted by molar-refractivity contribution is 5.96. The van der Waals surface area contributed by atoms with E-state index in [1.54, 1.807) is 38.1 Å². The molecule has 0 fully saturated rings. The summed E-state index contributed by atoms with van der Waals surface area (Å²) in [5.74, 6) is -1.46. The Labute approximate surface area is 156 Å². The Balaban J connectivity index is 2.31. The number of carboxylic acid groups (broad SMARTS) is 1. The monoisotopic (exact) mass is 371 g/mol. The predicted molar refractivity (Wildman–Crippen MR) is 101 cm³/mol. The van der Waals surface area contributed by atoms with Crippen molar-refractivity contribution in [2.24, 2.45) is 0 Å². The van der Waals surface area contributed by atoms with Crippen LogP contribution >= 0.6 is 0 Å². The van der Waals surface area contributed by atoms with Gasteiger partial charge in [-0.05, 0) is 38.1 Å². The van der Waals surface area contributed by atoms with Crippen LogP contribution in [0, 0.1) is 10.1 Å². The van der Waals surface area contributed by atoms with Crippen molar-refractivity contribution in [3.63, 3.8) is 0 Å². The second kappa shape index (κ2) is 8.79. The number of nitro benzene ring substituents is 1. The van der Waals surface area contributed by atoms with Crippen molar-refractivity contribution in [1.82, 2.24) is 4.90 Å². The Morgan fingerprint density at radius 1 is 1.19 bits per heavy atom. The Bertz CT molecular complexity index is 836. The number of benzene rings is 2. The zero-order valence-corrected chi connectivity index (χ0v) is 15.1. The van der Waals surface area contributed by atoms with Crippen LogP contribution in [0.1, 0.15) is 30.6 Å². The lowest BCUT2D eigenvalue weighted by Gasteiger charge is -2.26. The van der Waals surface area contributed by atoms with Crippen LogP contribution < -0.4 is 5.32 Å². The number of carbonyl (C=O) groups excluding carboxylic acids is 1. The zero-order valence-electron chi connectivity index (χ0n) is 15.1. The van der Waals surface area contributed by atoms with Gasteiger partial charge in [0, 0.05) is 29.9 Å². The minimum Gasteiger partial charge on any atom is -0.481 e. The van der Waals surface area contributed by atoms with Crippen LogP contribution in [0.25, 0.3) is 0 Å². The number of amides is 1. The summed E-state index contributed by atoms with van der Waals surface area (Å²) < 4.78 is 0. The SMILES string of the molecule is CC(C)N(CCC(=O)O)C(=O)c1ccc(Nc2ccccc2)c([N+](=O)[O-])c1. The predicted octanol–water partition coefficient (Wildman–Crippen LogP) is 3.66. The summed E-state index contributed by atoms with van der Waals surface area (Å²) in [5, 5.41) is 23.3. The molecule has 0 heterocycles. The average molecular weight is 371 g/mol. The van der Waals surface area contributed by atoms with Crippen molar-refractivity contribution in [3.8, 4) is 0 Å². The van der Waals surface area contributed by atoms with E-state index in [-0.39, 0.29) is 35.9 Å². The minimum atomic E-state index is -1.01. The number of carbonyl (C=O) groups is 2. The summed E-state index contributed by atoms with van der Waals surface area (Å²) in [4.78, 5) is 35.8. The number of rotatable bonds is 8. The van der Waals surface area contributed by atoms with Crippen LogP contribution in [0.3, 0.4) is 0 Å². The van der Waals surface area contributed by atoms with Crippen molar-refractivity contribution >= 4 is 28.9 Å². The first-order valence-electron chi connectivity index (χ1n) is 8.43. The molecule has 0 radical (unpaired) electrons. The quantitative estimate of drug-likeness (QED) is 0.541. The molecule has 0 spiro atoms. The number of nitro groups is 1. The van der Waals surface area contributed by atoms with Crippen molar-refractivity contribution in [1.29, 1.82) is 0 Å². The Kier molecular flexibility index (Phi) is 6.48. The molecule has 2 rings (SSSR count). The summed E-state index contributed by atoms with van der Waals surface area (Å²) in [6, 6.07) is 12.9. The third-order valence-electron chi connectivity index (χ3n) is 3.94. The van der Waals surface area contributed by atoms with E-state index in [2.05, 4.69) is 5.32 Å². The van der Waals surface area contributed by atoms with Gasteiger partial charge in [0.15, 0.2) is 0 Å². The van der Waals surface area contributed by atoms with Gasteiger partial charge >= 0.3 is 5.97 Å². The summed E-state index contributed by atoms with van der Waals surface area (Å²) >= 11 is 0. The molecular formula is C19H21N3O5. The van der Waals surface area contributed by atoms with Crippen LogP contribution in [-0.4, -0.2) is 39.4 Å². The van der Waals surface area contributed by atoms with E-state index in [4.69, 9.17) is 5.11 Å². The van der Waals surface area contributed by atoms with E-state index in [9.17, 15) is 19.7 Å². The van der Waals surface area contributed by atoms with Gasteiger partial charge in [-0.1, -0.05) is 18.2 Å². The van der Waals surface area contributed by atoms with Gasteiger partial charge in [0.25, 0.3) is 11.6 Å². The number of hydrogen-bond donors (Lipinski definition) is 2. The topological polar surface area (TPSA) is 113 Å². The normalized spacial score (nSPS) is 10.5. The van der Waals surface area contributed by atoms with E-state index in [0.717, 1.165) is 0 Å². The standard InChI is InChI=1S/C19H21N3O5/c1-13(2)21(11-10-18(23)24)19(25)14-8-9-16(17(12-14)22(26)27)20-15-6-4-3-5-7-15/h3-9,12-13,20H,10-11H2,1-2H3,(H,23,24). The number of hydrogen-bond acceptors (Lipinski definition) is 5. The maximum Gasteiger partial charge on any atom is 0.305 e. The lowest BCUT2D eigenvalue weighted by atomic mass is 10.1. The van der Waals surface area contributed by atoms with Crippen molar-refractivity contribution < 1.29 is 19.6 Å². The third-order valence-corrected chi connectivity index (χ3v) is 3.94. The molecule has 0 saturated heterocycles. The van der Waals surface area contributed by atoms with Gasteiger partial charge in [-0.2, -0.15) is 0 Å². The van der Waals surface area contributed by atoms with Gasteiger partial charge in [0.2, 0.25) is 0 Å². The largest absolute Gasteiger partial charge is 0.481 e. The number of anilines is 2. The Hall–Kier alpha value is -3.42. The molecule has 0 unspecified atom stereocenters. The minimum absolute atomic E-state index is 0.0314. The second-order valence-corrected chi connectivity index (χ2v) is 6.22. The maximum absolute atomic E-state index is 12.7. The highest BCUT2D eigenvalue weighted by Crippen LogP contribution is 2.29. The molecule has 0 aromatic heterocycles. The highest BCUT2D eigenvalue weighted by atomic mass is 16.6. The van der Waals surface area contributed by atoms with Crippen LogP contribution in [-0.2, 0) is 4.79 Å². The molecule has 8 heteroatoms. The summed E-state index contributed by atoms with van der Waals surface area (Å²) in [6.45, 7) is 3.56. The number of carboxylic acids is 1. The first-order chi connectivity index (χ1) is 12.8. The van der Waals surface area contributed by atoms with Crippen molar-refractivity contribution in [3.05, 3.63) is 64.2 Å². The lowest BCUT2D eigenvalue weighted by Crippen LogP contribution is -2.38. The van der Waals surface area contributed by atoms with E-state index >= 15 is 0 Å². The van der Waals surface area contributed by atoms with Gasteiger partial charge in [-0.3, -0.25) is 19.7 Å². The van der Waals surface area contributed by atoms with Crippen molar-refractivity contribution in [2.45, 2.75) is 26.3 Å². The number of nitrogens with one attached hydrogen (secondary N) is 1. The molecular weight excluding hydrogens is 350 g/mol. The molecule has 8 nitrogen and oxygen atoms in total. The first-order valence-corrected chi connectivity index (χ1v) is 8.43. The van der Waals surface area contributed by atoms with Gasteiger partial charge in [0.05, 0.1) is 11.3 Å². The molecule has 0 aliphatic carbocycles. The highest BCUT2D eigenvalue weighted by Gasteiger charge is 2.23. The van der Waals surface area contributed by atoms with Gasteiger partial charge in [-0.25, -0.2) is 0 Å². The van der Waals surface area contributed by atoms with Crippen LogP contribution in [0.5, 0.6) is 0 Å². The van der Waals surface area contributed by atoms with E-state index < -0.39 is 16.8 Å². The van der Waals surface area contributed by atoms with Crippen LogP contribution in [0.4, 0.5) is 17.1 Å². The molecule has 0 atom stereocenters. The van der Waals surface area contributed by atoms with E-state index in [0.29, 0.717) is 5.69 Å². The fourth-order valence-corrected chi connectivity index (χ4v) is 2.57. The molecule has 142 valence electrons. The number of nitrogens with zero attached hydrogens (tertiary/aromatic N) is 2. The molecule has 0 aliphatic rings. The molecule has 2 aromatic rings. The van der Waals surface area contributed by atoms with Gasteiger partial charge in [-0.15, -0.1) is 0 Å². The Morgan fingerprint density at radius 2 is 1.85 bits per heavy atom. The lowest BCUT2D eigenvalue weighted by molar-refractivity contribution is -0.383.